The van der Waals surface area contributed by atoms with Crippen LogP contribution in [0.4, 0.5) is 5.69 Å². The summed E-state index contributed by atoms with van der Waals surface area (Å²) in [5.74, 6) is 0. The molecular formula is C13H20N2O2S. The van der Waals surface area contributed by atoms with Crippen LogP contribution >= 0.6 is 0 Å². The molecule has 4 nitrogen and oxygen atoms in total. The number of benzene rings is 1. The van der Waals surface area contributed by atoms with E-state index in [9.17, 15) is 8.42 Å². The third-order valence-electron chi connectivity index (χ3n) is 3.20. The van der Waals surface area contributed by atoms with Crippen LogP contribution in [0.5, 0.6) is 0 Å². The topological polar surface area (TPSA) is 58.2 Å². The van der Waals surface area contributed by atoms with Crippen molar-refractivity contribution in [1.82, 2.24) is 5.32 Å². The van der Waals surface area contributed by atoms with E-state index in [1.807, 2.05) is 12.1 Å². The summed E-state index contributed by atoms with van der Waals surface area (Å²) in [7, 11) is -3.10. The first-order valence-corrected chi connectivity index (χ1v) is 8.22. The summed E-state index contributed by atoms with van der Waals surface area (Å²) >= 11 is 0. The molecule has 0 bridgehead atoms. The fourth-order valence-corrected chi connectivity index (χ4v) is 2.81. The van der Waals surface area contributed by atoms with Gasteiger partial charge in [0.05, 0.1) is 4.90 Å². The largest absolute Gasteiger partial charge is 0.381 e. The quantitative estimate of drug-likeness (QED) is 0.875. The van der Waals surface area contributed by atoms with Gasteiger partial charge in [-0.25, -0.2) is 8.42 Å². The Kier molecular flexibility index (Phi) is 4.24. The van der Waals surface area contributed by atoms with E-state index in [0.717, 1.165) is 25.2 Å². The number of anilines is 1. The van der Waals surface area contributed by atoms with Gasteiger partial charge in [-0.15, -0.1) is 0 Å². The van der Waals surface area contributed by atoms with E-state index in [1.165, 1.54) is 19.1 Å². The number of nitrogens with one attached hydrogen (secondary N) is 2. The molecular weight excluding hydrogens is 248 g/mol. The monoisotopic (exact) mass is 268 g/mol. The molecule has 0 amide bonds. The summed E-state index contributed by atoms with van der Waals surface area (Å²) < 4.78 is 22.7. The summed E-state index contributed by atoms with van der Waals surface area (Å²) in [4.78, 5) is 0.368. The highest BCUT2D eigenvalue weighted by Crippen LogP contribution is 2.16. The highest BCUT2D eigenvalue weighted by atomic mass is 32.2. The summed E-state index contributed by atoms with van der Waals surface area (Å²) in [5.41, 5.74) is 0.983. The van der Waals surface area contributed by atoms with Crippen LogP contribution in [0.15, 0.2) is 29.2 Å². The minimum absolute atomic E-state index is 0.368. The SMILES string of the molecule is CS(=O)(=O)c1ccc(NC2CCCCNC2)cc1. The predicted octanol–water partition coefficient (Wildman–Crippen LogP) is 1.64. The Morgan fingerprint density at radius 3 is 2.61 bits per heavy atom. The molecule has 0 radical (unpaired) electrons. The zero-order valence-electron chi connectivity index (χ0n) is 10.6. The van der Waals surface area contributed by atoms with Gasteiger partial charge in [-0.2, -0.15) is 0 Å². The van der Waals surface area contributed by atoms with E-state index >= 15 is 0 Å². The lowest BCUT2D eigenvalue weighted by atomic mass is 10.1. The number of hydrogen-bond acceptors (Lipinski definition) is 4. The lowest BCUT2D eigenvalue weighted by Crippen LogP contribution is -2.30. The Labute approximate surface area is 109 Å². The molecule has 0 aromatic heterocycles. The van der Waals surface area contributed by atoms with Crippen molar-refractivity contribution >= 4 is 15.5 Å². The number of rotatable bonds is 3. The Bertz CT molecular complexity index is 474. The zero-order chi connectivity index (χ0) is 13.0. The first-order valence-electron chi connectivity index (χ1n) is 6.33. The summed E-state index contributed by atoms with van der Waals surface area (Å²) in [6.45, 7) is 2.05. The first kappa shape index (κ1) is 13.4. The van der Waals surface area contributed by atoms with E-state index in [0.29, 0.717) is 10.9 Å². The molecule has 1 atom stereocenters. The van der Waals surface area contributed by atoms with Crippen LogP contribution in [0.3, 0.4) is 0 Å². The van der Waals surface area contributed by atoms with Gasteiger partial charge in [0.2, 0.25) is 0 Å². The molecule has 1 aliphatic heterocycles. The minimum Gasteiger partial charge on any atom is -0.381 e. The molecule has 0 saturated carbocycles. The van der Waals surface area contributed by atoms with Gasteiger partial charge in [0.1, 0.15) is 0 Å². The molecule has 1 fully saturated rings. The molecule has 0 aliphatic carbocycles. The molecule has 1 aromatic carbocycles. The minimum atomic E-state index is -3.10. The Balaban J connectivity index is 2.01. The molecule has 1 heterocycles. The smallest absolute Gasteiger partial charge is 0.175 e. The summed E-state index contributed by atoms with van der Waals surface area (Å²) in [6.07, 6.45) is 4.84. The van der Waals surface area contributed by atoms with Crippen LogP contribution in [0.25, 0.3) is 0 Å². The van der Waals surface area contributed by atoms with Gasteiger partial charge in [-0.05, 0) is 43.7 Å². The second-order valence-electron chi connectivity index (χ2n) is 4.84. The van der Waals surface area contributed by atoms with Crippen LogP contribution in [0.1, 0.15) is 19.3 Å². The standard InChI is InChI=1S/C13H20N2O2S/c1-18(16,17)13-7-5-11(6-8-13)15-12-4-2-3-9-14-10-12/h5-8,12,14-15H,2-4,9-10H2,1H3. The van der Waals surface area contributed by atoms with Crippen LogP contribution in [0, 0.1) is 0 Å². The van der Waals surface area contributed by atoms with Crippen molar-refractivity contribution in [1.29, 1.82) is 0 Å². The molecule has 2 N–H and O–H groups in total. The van der Waals surface area contributed by atoms with Gasteiger partial charge in [0.15, 0.2) is 9.84 Å². The van der Waals surface area contributed by atoms with Crippen molar-refractivity contribution in [2.75, 3.05) is 24.7 Å². The Morgan fingerprint density at radius 2 is 1.94 bits per heavy atom. The van der Waals surface area contributed by atoms with Crippen LogP contribution in [-0.4, -0.2) is 33.8 Å². The van der Waals surface area contributed by atoms with Gasteiger partial charge in [0.25, 0.3) is 0 Å². The van der Waals surface area contributed by atoms with Crippen LogP contribution in [0.2, 0.25) is 0 Å². The van der Waals surface area contributed by atoms with Crippen LogP contribution in [-0.2, 0) is 9.84 Å². The Hall–Kier alpha value is -1.07. The van der Waals surface area contributed by atoms with Crippen molar-refractivity contribution in [3.8, 4) is 0 Å². The second-order valence-corrected chi connectivity index (χ2v) is 6.85. The van der Waals surface area contributed by atoms with Gasteiger partial charge >= 0.3 is 0 Å². The van der Waals surface area contributed by atoms with Crippen molar-refractivity contribution in [2.24, 2.45) is 0 Å². The maximum Gasteiger partial charge on any atom is 0.175 e. The van der Waals surface area contributed by atoms with Crippen molar-refractivity contribution < 1.29 is 8.42 Å². The number of sulfone groups is 1. The highest BCUT2D eigenvalue weighted by Gasteiger charge is 2.12. The second kappa shape index (κ2) is 5.71. The maximum absolute atomic E-state index is 11.3. The van der Waals surface area contributed by atoms with Crippen molar-refractivity contribution in [2.45, 2.75) is 30.2 Å². The van der Waals surface area contributed by atoms with Crippen LogP contribution < -0.4 is 10.6 Å². The molecule has 1 saturated heterocycles. The van der Waals surface area contributed by atoms with Gasteiger partial charge < -0.3 is 10.6 Å². The summed E-state index contributed by atoms with van der Waals surface area (Å²) in [6, 6.07) is 7.41. The molecule has 1 aliphatic rings. The molecule has 18 heavy (non-hydrogen) atoms. The third kappa shape index (κ3) is 3.71. The molecule has 100 valence electrons. The fourth-order valence-electron chi connectivity index (χ4n) is 2.18. The average Bonchev–Trinajstić information content (AvgIpc) is 2.57. The Morgan fingerprint density at radius 1 is 1.22 bits per heavy atom. The average molecular weight is 268 g/mol. The maximum atomic E-state index is 11.3. The van der Waals surface area contributed by atoms with E-state index in [-0.39, 0.29) is 0 Å². The number of hydrogen-bond donors (Lipinski definition) is 2. The van der Waals surface area contributed by atoms with E-state index in [2.05, 4.69) is 10.6 Å². The van der Waals surface area contributed by atoms with Gasteiger partial charge in [-0.3, -0.25) is 0 Å². The summed E-state index contributed by atoms with van der Waals surface area (Å²) in [5, 5.41) is 6.84. The van der Waals surface area contributed by atoms with Gasteiger partial charge in [0, 0.05) is 24.5 Å². The predicted molar refractivity (Wildman–Crippen MR) is 73.7 cm³/mol. The van der Waals surface area contributed by atoms with E-state index in [4.69, 9.17) is 0 Å². The van der Waals surface area contributed by atoms with Crippen molar-refractivity contribution in [3.63, 3.8) is 0 Å². The fraction of sp³-hybridized carbons (Fsp3) is 0.538. The zero-order valence-corrected chi connectivity index (χ0v) is 11.5. The lowest BCUT2D eigenvalue weighted by molar-refractivity contribution is 0.602. The normalized spacial score (nSPS) is 21.3. The van der Waals surface area contributed by atoms with Crippen molar-refractivity contribution in [3.05, 3.63) is 24.3 Å². The highest BCUT2D eigenvalue weighted by molar-refractivity contribution is 7.90. The third-order valence-corrected chi connectivity index (χ3v) is 4.33. The molecule has 1 aromatic rings. The first-order chi connectivity index (χ1) is 8.55. The molecule has 2 rings (SSSR count). The van der Waals surface area contributed by atoms with E-state index < -0.39 is 9.84 Å². The van der Waals surface area contributed by atoms with Gasteiger partial charge in [-0.1, -0.05) is 6.42 Å². The molecule has 5 heteroatoms. The molecule has 0 spiro atoms. The van der Waals surface area contributed by atoms with E-state index in [1.54, 1.807) is 12.1 Å². The molecule has 1 unspecified atom stereocenters. The lowest BCUT2D eigenvalue weighted by Gasteiger charge is -2.17.